The van der Waals surface area contributed by atoms with Crippen LogP contribution in [0.4, 0.5) is 0 Å². The zero-order valence-electron chi connectivity index (χ0n) is 6.87. The van der Waals surface area contributed by atoms with E-state index in [4.69, 9.17) is 5.11 Å². The molecule has 0 bridgehead atoms. The van der Waals surface area contributed by atoms with Crippen LogP contribution in [-0.2, 0) is 4.79 Å². The van der Waals surface area contributed by atoms with E-state index in [0.717, 1.165) is 10.5 Å². The summed E-state index contributed by atoms with van der Waals surface area (Å²) in [7, 11) is 0. The number of aromatic hydroxyl groups is 1. The van der Waals surface area contributed by atoms with Crippen molar-refractivity contribution in [2.75, 3.05) is 0 Å². The molecule has 0 fully saturated rings. The maximum Gasteiger partial charge on any atom is 0.328 e. The Morgan fingerprint density at radius 2 is 2.00 bits per heavy atom. The lowest BCUT2D eigenvalue weighted by Crippen LogP contribution is -1.86. The van der Waals surface area contributed by atoms with Crippen molar-refractivity contribution in [1.29, 1.82) is 0 Å². The molecule has 14 heavy (non-hydrogen) atoms. The van der Waals surface area contributed by atoms with Gasteiger partial charge in [0.1, 0.15) is 5.75 Å². The zero-order valence-corrected chi connectivity index (χ0v) is 10.0. The monoisotopic (exact) mass is 320 g/mol. The Kier molecular flexibility index (Phi) is 3.71. The molecular formula is C9H6Br2O3. The second-order valence-electron chi connectivity index (χ2n) is 2.50. The van der Waals surface area contributed by atoms with Gasteiger partial charge in [0.15, 0.2) is 0 Å². The molecule has 0 aliphatic carbocycles. The number of carboxylic acids is 1. The molecule has 0 heterocycles. The first-order valence-electron chi connectivity index (χ1n) is 3.59. The van der Waals surface area contributed by atoms with E-state index in [1.807, 2.05) is 0 Å². The van der Waals surface area contributed by atoms with Gasteiger partial charge in [-0.3, -0.25) is 0 Å². The smallest absolute Gasteiger partial charge is 0.328 e. The van der Waals surface area contributed by atoms with Crippen LogP contribution < -0.4 is 0 Å². The van der Waals surface area contributed by atoms with Crippen molar-refractivity contribution in [3.05, 3.63) is 32.7 Å². The van der Waals surface area contributed by atoms with Crippen LogP contribution >= 0.6 is 31.9 Å². The molecule has 1 aromatic carbocycles. The van der Waals surface area contributed by atoms with Crippen molar-refractivity contribution in [3.8, 4) is 5.75 Å². The van der Waals surface area contributed by atoms with Gasteiger partial charge >= 0.3 is 5.97 Å². The Bertz CT molecular complexity index is 399. The largest absolute Gasteiger partial charge is 0.506 e. The highest BCUT2D eigenvalue weighted by molar-refractivity contribution is 9.11. The van der Waals surface area contributed by atoms with Crippen LogP contribution in [0.25, 0.3) is 6.08 Å². The summed E-state index contributed by atoms with van der Waals surface area (Å²) in [5, 5.41) is 17.9. The second kappa shape index (κ2) is 4.61. The summed E-state index contributed by atoms with van der Waals surface area (Å²) >= 11 is 6.37. The van der Waals surface area contributed by atoms with Gasteiger partial charge in [0.05, 0.1) is 4.47 Å². The van der Waals surface area contributed by atoms with E-state index in [1.165, 1.54) is 6.08 Å². The Morgan fingerprint density at radius 1 is 1.36 bits per heavy atom. The van der Waals surface area contributed by atoms with Crippen LogP contribution in [0.2, 0.25) is 0 Å². The number of benzene rings is 1. The Hall–Kier alpha value is -0.810. The number of hydrogen-bond acceptors (Lipinski definition) is 2. The molecule has 0 atom stereocenters. The van der Waals surface area contributed by atoms with E-state index < -0.39 is 5.97 Å². The Morgan fingerprint density at radius 3 is 2.57 bits per heavy atom. The maximum absolute atomic E-state index is 10.3. The summed E-state index contributed by atoms with van der Waals surface area (Å²) in [4.78, 5) is 10.3. The molecule has 0 aromatic heterocycles. The highest BCUT2D eigenvalue weighted by atomic mass is 79.9. The molecule has 0 amide bonds. The van der Waals surface area contributed by atoms with Gasteiger partial charge in [-0.15, -0.1) is 0 Å². The molecule has 0 radical (unpaired) electrons. The molecule has 0 spiro atoms. The van der Waals surface area contributed by atoms with E-state index in [2.05, 4.69) is 31.9 Å². The number of carbonyl (C=O) groups is 1. The first kappa shape index (κ1) is 11.3. The van der Waals surface area contributed by atoms with Crippen molar-refractivity contribution in [1.82, 2.24) is 0 Å². The van der Waals surface area contributed by atoms with E-state index in [1.54, 1.807) is 12.1 Å². The highest BCUT2D eigenvalue weighted by Crippen LogP contribution is 2.32. The normalized spacial score (nSPS) is 10.7. The molecule has 0 saturated heterocycles. The lowest BCUT2D eigenvalue weighted by Gasteiger charge is -2.02. The molecule has 0 saturated carbocycles. The third-order valence-electron chi connectivity index (χ3n) is 1.46. The molecule has 2 N–H and O–H groups in total. The average molecular weight is 322 g/mol. The van der Waals surface area contributed by atoms with E-state index in [-0.39, 0.29) is 5.75 Å². The van der Waals surface area contributed by atoms with E-state index in [9.17, 15) is 9.90 Å². The third-order valence-corrected chi connectivity index (χ3v) is 2.53. The summed E-state index contributed by atoms with van der Waals surface area (Å²) in [5.74, 6) is -1.04. The molecule has 5 heteroatoms. The van der Waals surface area contributed by atoms with Gasteiger partial charge in [-0.1, -0.05) is 15.9 Å². The zero-order chi connectivity index (χ0) is 10.7. The SMILES string of the molecule is O=C(O)/C=C/c1cc(Br)cc(Br)c1O. The summed E-state index contributed by atoms with van der Waals surface area (Å²) in [6.07, 6.45) is 2.29. The average Bonchev–Trinajstić information content (AvgIpc) is 2.08. The number of hydrogen-bond donors (Lipinski definition) is 2. The van der Waals surface area contributed by atoms with Crippen molar-refractivity contribution in [3.63, 3.8) is 0 Å². The van der Waals surface area contributed by atoms with Gasteiger partial charge < -0.3 is 10.2 Å². The van der Waals surface area contributed by atoms with Crippen LogP contribution in [0, 0.1) is 0 Å². The molecule has 1 aromatic rings. The van der Waals surface area contributed by atoms with Crippen LogP contribution in [0.15, 0.2) is 27.2 Å². The second-order valence-corrected chi connectivity index (χ2v) is 4.27. The minimum atomic E-state index is -1.06. The predicted octanol–water partition coefficient (Wildman–Crippen LogP) is 3.02. The lowest BCUT2D eigenvalue weighted by molar-refractivity contribution is -0.131. The Balaban J connectivity index is 3.14. The van der Waals surface area contributed by atoms with Crippen LogP contribution in [0.5, 0.6) is 5.75 Å². The van der Waals surface area contributed by atoms with Crippen LogP contribution in [-0.4, -0.2) is 16.2 Å². The van der Waals surface area contributed by atoms with E-state index in [0.29, 0.717) is 10.0 Å². The number of halogens is 2. The third kappa shape index (κ3) is 2.85. The van der Waals surface area contributed by atoms with Crippen molar-refractivity contribution in [2.45, 2.75) is 0 Å². The molecular weight excluding hydrogens is 316 g/mol. The van der Waals surface area contributed by atoms with E-state index >= 15 is 0 Å². The highest BCUT2D eigenvalue weighted by Gasteiger charge is 2.04. The summed E-state index contributed by atoms with van der Waals surface area (Å²) < 4.78 is 1.27. The standard InChI is InChI=1S/C9H6Br2O3/c10-6-3-5(1-2-8(12)13)9(14)7(11)4-6/h1-4,14H,(H,12,13)/b2-1+. The molecule has 0 aliphatic heterocycles. The number of phenols is 1. The fraction of sp³-hybridized carbons (Fsp3) is 0. The minimum absolute atomic E-state index is 0.0192. The van der Waals surface area contributed by atoms with Crippen LogP contribution in [0.1, 0.15) is 5.56 Å². The topological polar surface area (TPSA) is 57.5 Å². The number of rotatable bonds is 2. The first-order chi connectivity index (χ1) is 6.50. The summed E-state index contributed by atoms with van der Waals surface area (Å²) in [6.45, 7) is 0. The fourth-order valence-corrected chi connectivity index (χ4v) is 2.13. The van der Waals surface area contributed by atoms with Gasteiger partial charge in [0.2, 0.25) is 0 Å². The lowest BCUT2D eigenvalue weighted by atomic mass is 10.2. The first-order valence-corrected chi connectivity index (χ1v) is 5.18. The maximum atomic E-state index is 10.3. The van der Waals surface area contributed by atoms with Gasteiger partial charge in [-0.2, -0.15) is 0 Å². The summed E-state index contributed by atoms with van der Waals surface area (Å²) in [5.41, 5.74) is 0.439. The number of carboxylic acid groups (broad SMARTS) is 1. The summed E-state index contributed by atoms with van der Waals surface area (Å²) in [6, 6.07) is 3.30. The molecule has 0 aliphatic rings. The number of aliphatic carboxylic acids is 1. The van der Waals surface area contributed by atoms with Crippen molar-refractivity contribution >= 4 is 43.9 Å². The predicted molar refractivity (Wildman–Crippen MR) is 60.2 cm³/mol. The van der Waals surface area contributed by atoms with Gasteiger partial charge in [-0.25, -0.2) is 4.79 Å². The van der Waals surface area contributed by atoms with Gasteiger partial charge in [-0.05, 0) is 34.1 Å². The fourth-order valence-electron chi connectivity index (χ4n) is 0.874. The molecule has 74 valence electrons. The van der Waals surface area contributed by atoms with Crippen molar-refractivity contribution in [2.24, 2.45) is 0 Å². The van der Waals surface area contributed by atoms with Crippen LogP contribution in [0.3, 0.4) is 0 Å². The molecule has 3 nitrogen and oxygen atoms in total. The van der Waals surface area contributed by atoms with Gasteiger partial charge in [0.25, 0.3) is 0 Å². The minimum Gasteiger partial charge on any atom is -0.506 e. The molecule has 0 unspecified atom stereocenters. The van der Waals surface area contributed by atoms with Crippen molar-refractivity contribution < 1.29 is 15.0 Å². The number of phenolic OH excluding ortho intramolecular Hbond substituents is 1. The molecule has 1 rings (SSSR count). The quantitative estimate of drug-likeness (QED) is 0.823. The van der Waals surface area contributed by atoms with Gasteiger partial charge in [0, 0.05) is 16.1 Å². The Labute approximate surface area is 97.3 Å².